The summed E-state index contributed by atoms with van der Waals surface area (Å²) >= 11 is 0. The number of aryl methyl sites for hydroxylation is 1. The number of nitrogens with zero attached hydrogens (tertiary/aromatic N) is 2. The van der Waals surface area contributed by atoms with E-state index in [2.05, 4.69) is 4.98 Å². The lowest BCUT2D eigenvalue weighted by Gasteiger charge is -2.35. The fourth-order valence-corrected chi connectivity index (χ4v) is 2.82. The molecule has 1 atom stereocenters. The zero-order valence-electron chi connectivity index (χ0n) is 12.4. The molecule has 1 amide bonds. The van der Waals surface area contributed by atoms with Gasteiger partial charge in [-0.3, -0.25) is 14.6 Å². The second kappa shape index (κ2) is 7.20. The van der Waals surface area contributed by atoms with Crippen LogP contribution in [0, 0.1) is 0 Å². The fraction of sp³-hybridized carbons (Fsp3) is 0.562. The van der Waals surface area contributed by atoms with Gasteiger partial charge in [0.2, 0.25) is 0 Å². The molecule has 5 heteroatoms. The average molecular weight is 290 g/mol. The molecule has 2 heterocycles. The van der Waals surface area contributed by atoms with Crippen LogP contribution in [0.5, 0.6) is 0 Å². The van der Waals surface area contributed by atoms with Gasteiger partial charge in [-0.15, -0.1) is 0 Å². The van der Waals surface area contributed by atoms with Gasteiger partial charge in [0.05, 0.1) is 0 Å². The number of likely N-dealkylation sites (tertiary alicyclic amines) is 1. The highest BCUT2D eigenvalue weighted by Crippen LogP contribution is 2.22. The Kier molecular flexibility index (Phi) is 5.31. The molecule has 0 radical (unpaired) electrons. The van der Waals surface area contributed by atoms with Crippen LogP contribution in [0.4, 0.5) is 0 Å². The van der Waals surface area contributed by atoms with Gasteiger partial charge in [-0.25, -0.2) is 0 Å². The molecule has 1 aliphatic rings. The number of aliphatic carboxylic acids is 1. The van der Waals surface area contributed by atoms with Gasteiger partial charge in [0.1, 0.15) is 5.69 Å². The lowest BCUT2D eigenvalue weighted by atomic mass is 9.97. The van der Waals surface area contributed by atoms with Crippen LogP contribution in [0.1, 0.15) is 55.1 Å². The van der Waals surface area contributed by atoms with E-state index in [0.717, 1.165) is 31.2 Å². The quantitative estimate of drug-likeness (QED) is 0.904. The lowest BCUT2D eigenvalue weighted by molar-refractivity contribution is -0.137. The fourth-order valence-electron chi connectivity index (χ4n) is 2.82. The van der Waals surface area contributed by atoms with E-state index in [1.807, 2.05) is 24.0 Å². The smallest absolute Gasteiger partial charge is 0.303 e. The lowest BCUT2D eigenvalue weighted by Crippen LogP contribution is -2.44. The molecule has 1 saturated heterocycles. The molecule has 1 aliphatic heterocycles. The highest BCUT2D eigenvalue weighted by Gasteiger charge is 2.28. The van der Waals surface area contributed by atoms with Crippen LogP contribution in [0.3, 0.4) is 0 Å². The molecule has 5 nitrogen and oxygen atoms in total. The van der Waals surface area contributed by atoms with Crippen molar-refractivity contribution < 1.29 is 14.7 Å². The normalized spacial score (nSPS) is 18.5. The first-order chi connectivity index (χ1) is 10.1. The number of carboxylic acids is 1. The summed E-state index contributed by atoms with van der Waals surface area (Å²) in [5, 5.41) is 8.84. The summed E-state index contributed by atoms with van der Waals surface area (Å²) < 4.78 is 0. The van der Waals surface area contributed by atoms with Crippen molar-refractivity contribution in [3.63, 3.8) is 0 Å². The minimum atomic E-state index is -0.806. The van der Waals surface area contributed by atoms with Gasteiger partial charge < -0.3 is 10.0 Å². The summed E-state index contributed by atoms with van der Waals surface area (Å²) in [6.07, 6.45) is 6.07. The Bertz CT molecular complexity index is 516. The number of hydrogen-bond donors (Lipinski definition) is 1. The predicted molar refractivity (Wildman–Crippen MR) is 79.2 cm³/mol. The van der Waals surface area contributed by atoms with Gasteiger partial charge in [-0.2, -0.15) is 0 Å². The van der Waals surface area contributed by atoms with Gasteiger partial charge in [0.15, 0.2) is 0 Å². The molecule has 0 aromatic carbocycles. The maximum absolute atomic E-state index is 12.6. The Balaban J connectivity index is 2.11. The Morgan fingerprint density at radius 2 is 2.24 bits per heavy atom. The molecule has 1 aromatic rings. The Morgan fingerprint density at radius 3 is 2.95 bits per heavy atom. The molecule has 0 saturated carbocycles. The second-order valence-corrected chi connectivity index (χ2v) is 5.48. The molecular weight excluding hydrogens is 268 g/mol. The van der Waals surface area contributed by atoms with E-state index in [4.69, 9.17) is 5.11 Å². The van der Waals surface area contributed by atoms with Crippen LogP contribution >= 0.6 is 0 Å². The molecule has 114 valence electrons. The van der Waals surface area contributed by atoms with Gasteiger partial charge in [0, 0.05) is 25.2 Å². The number of carbonyl (C=O) groups is 2. The largest absolute Gasteiger partial charge is 0.481 e. The van der Waals surface area contributed by atoms with E-state index in [1.165, 1.54) is 0 Å². The Hall–Kier alpha value is -1.91. The predicted octanol–water partition coefficient (Wildman–Crippen LogP) is 2.50. The van der Waals surface area contributed by atoms with Crippen LogP contribution in [0.25, 0.3) is 0 Å². The van der Waals surface area contributed by atoms with Gasteiger partial charge in [-0.1, -0.05) is 6.92 Å². The van der Waals surface area contributed by atoms with Crippen molar-refractivity contribution in [3.8, 4) is 0 Å². The third-order valence-electron chi connectivity index (χ3n) is 4.03. The highest BCUT2D eigenvalue weighted by atomic mass is 16.4. The van der Waals surface area contributed by atoms with E-state index in [9.17, 15) is 9.59 Å². The zero-order chi connectivity index (χ0) is 15.2. The van der Waals surface area contributed by atoms with Crippen LogP contribution in [-0.2, 0) is 11.2 Å². The summed E-state index contributed by atoms with van der Waals surface area (Å²) in [4.78, 5) is 29.4. The third kappa shape index (κ3) is 4.03. The zero-order valence-corrected chi connectivity index (χ0v) is 12.4. The first kappa shape index (κ1) is 15.5. The SMILES string of the molecule is CCc1ccnc(C(=O)N2CCCCC2CCC(=O)O)c1. The number of aromatic nitrogens is 1. The van der Waals surface area contributed by atoms with E-state index < -0.39 is 5.97 Å². The Morgan fingerprint density at radius 1 is 1.43 bits per heavy atom. The first-order valence-corrected chi connectivity index (χ1v) is 7.59. The number of rotatable bonds is 5. The molecule has 0 bridgehead atoms. The highest BCUT2D eigenvalue weighted by molar-refractivity contribution is 5.92. The molecule has 1 N–H and O–H groups in total. The van der Waals surface area contributed by atoms with Gasteiger partial charge >= 0.3 is 5.97 Å². The van der Waals surface area contributed by atoms with Crippen LogP contribution < -0.4 is 0 Å². The van der Waals surface area contributed by atoms with Gasteiger partial charge in [0.25, 0.3) is 5.91 Å². The number of carboxylic acid groups (broad SMARTS) is 1. The Labute approximate surface area is 125 Å². The minimum absolute atomic E-state index is 0.0226. The summed E-state index contributed by atoms with van der Waals surface area (Å²) in [6, 6.07) is 3.77. The van der Waals surface area contributed by atoms with E-state index in [1.54, 1.807) is 6.20 Å². The molecule has 21 heavy (non-hydrogen) atoms. The van der Waals surface area contributed by atoms with Gasteiger partial charge in [-0.05, 0) is 49.8 Å². The van der Waals surface area contributed by atoms with Crippen molar-refractivity contribution in [3.05, 3.63) is 29.6 Å². The standard InChI is InChI=1S/C16H22N2O3/c1-2-12-8-9-17-14(11-12)16(21)18-10-4-3-5-13(18)6-7-15(19)20/h8-9,11,13H,2-7,10H2,1H3,(H,19,20). The number of carbonyl (C=O) groups excluding carboxylic acids is 1. The van der Waals surface area contributed by atoms with Crippen LogP contribution in [-0.4, -0.2) is 39.5 Å². The maximum atomic E-state index is 12.6. The third-order valence-corrected chi connectivity index (χ3v) is 4.03. The van der Waals surface area contributed by atoms with Crippen molar-refractivity contribution in [2.24, 2.45) is 0 Å². The summed E-state index contributed by atoms with van der Waals surface area (Å²) in [7, 11) is 0. The van der Waals surface area contributed by atoms with E-state index in [0.29, 0.717) is 18.7 Å². The van der Waals surface area contributed by atoms with E-state index in [-0.39, 0.29) is 18.4 Å². The van der Waals surface area contributed by atoms with Crippen molar-refractivity contribution in [1.29, 1.82) is 0 Å². The maximum Gasteiger partial charge on any atom is 0.303 e. The average Bonchev–Trinajstić information content (AvgIpc) is 2.52. The number of piperidine rings is 1. The summed E-state index contributed by atoms with van der Waals surface area (Å²) in [6.45, 7) is 2.74. The monoisotopic (exact) mass is 290 g/mol. The molecule has 1 unspecified atom stereocenters. The molecule has 1 aromatic heterocycles. The summed E-state index contributed by atoms with van der Waals surface area (Å²) in [5.74, 6) is -0.875. The second-order valence-electron chi connectivity index (χ2n) is 5.48. The topological polar surface area (TPSA) is 70.5 Å². The van der Waals surface area contributed by atoms with Crippen molar-refractivity contribution >= 4 is 11.9 Å². The first-order valence-electron chi connectivity index (χ1n) is 7.59. The van der Waals surface area contributed by atoms with Crippen molar-refractivity contribution in [2.45, 2.75) is 51.5 Å². The van der Waals surface area contributed by atoms with Crippen LogP contribution in [0.2, 0.25) is 0 Å². The minimum Gasteiger partial charge on any atom is -0.481 e. The number of hydrogen-bond acceptors (Lipinski definition) is 3. The van der Waals surface area contributed by atoms with E-state index >= 15 is 0 Å². The van der Waals surface area contributed by atoms with Crippen molar-refractivity contribution in [1.82, 2.24) is 9.88 Å². The van der Waals surface area contributed by atoms with Crippen molar-refractivity contribution in [2.75, 3.05) is 6.54 Å². The molecule has 2 rings (SSSR count). The number of pyridine rings is 1. The molecule has 0 aliphatic carbocycles. The summed E-state index contributed by atoms with van der Waals surface area (Å²) in [5.41, 5.74) is 1.56. The molecular formula is C16H22N2O3. The molecule has 0 spiro atoms. The molecule has 1 fully saturated rings. The van der Waals surface area contributed by atoms with Crippen LogP contribution in [0.15, 0.2) is 18.3 Å². The number of amides is 1.